The van der Waals surface area contributed by atoms with Gasteiger partial charge in [-0.25, -0.2) is 4.79 Å². The van der Waals surface area contributed by atoms with Crippen molar-refractivity contribution >= 4 is 28.6 Å². The third-order valence-electron chi connectivity index (χ3n) is 1.50. The van der Waals surface area contributed by atoms with Gasteiger partial charge >= 0.3 is 5.97 Å². The van der Waals surface area contributed by atoms with E-state index in [1.165, 1.54) is 6.92 Å². The number of esters is 1. The minimum atomic E-state index is -0.608. The number of carbonyl (C=O) groups excluding carboxylic acids is 2. The monoisotopic (exact) mass is 245 g/mol. The lowest BCUT2D eigenvalue weighted by atomic mass is 10.2. The maximum absolute atomic E-state index is 11.4. The van der Waals surface area contributed by atoms with Crippen molar-refractivity contribution in [3.05, 3.63) is 0 Å². The summed E-state index contributed by atoms with van der Waals surface area (Å²) >= 11 is 1.13. The zero-order chi connectivity index (χ0) is 12.9. The Kier molecular flexibility index (Phi) is 5.72. The first-order chi connectivity index (χ1) is 7.11. The maximum Gasteiger partial charge on any atom is 0.352 e. The largest absolute Gasteiger partial charge is 0.456 e. The van der Waals surface area contributed by atoms with E-state index in [2.05, 4.69) is 0 Å². The van der Waals surface area contributed by atoms with Crippen LogP contribution in [0, 0.1) is 5.41 Å². The molecule has 0 spiro atoms. The molecule has 0 aromatic rings. The molecule has 0 radical (unpaired) electrons. The van der Waals surface area contributed by atoms with Crippen LogP contribution < -0.4 is 0 Å². The Balaban J connectivity index is 4.16. The second-order valence-corrected chi connectivity index (χ2v) is 6.22. The zero-order valence-electron chi connectivity index (χ0n) is 10.4. The van der Waals surface area contributed by atoms with Crippen LogP contribution in [0.1, 0.15) is 41.0 Å². The van der Waals surface area contributed by atoms with Crippen LogP contribution in [0.2, 0.25) is 0 Å². The molecule has 0 saturated carbocycles. The van der Waals surface area contributed by atoms with Gasteiger partial charge in [-0.1, -0.05) is 18.7 Å². The fraction of sp³-hybridized carbons (Fsp3) is 0.727. The number of ether oxygens (including phenoxy) is 1. The normalized spacial score (nSPS) is 13.1. The van der Waals surface area contributed by atoms with Gasteiger partial charge in [0, 0.05) is 18.6 Å². The molecule has 1 atom stereocenters. The molecule has 0 saturated heterocycles. The molecule has 4 nitrogen and oxygen atoms in total. The van der Waals surface area contributed by atoms with E-state index in [4.69, 9.17) is 10.1 Å². The first-order valence-electron chi connectivity index (χ1n) is 5.10. The summed E-state index contributed by atoms with van der Waals surface area (Å²) in [5, 5.41) is 7.47. The summed E-state index contributed by atoms with van der Waals surface area (Å²) in [7, 11) is 0. The lowest BCUT2D eigenvalue weighted by Gasteiger charge is -2.20. The highest BCUT2D eigenvalue weighted by Crippen LogP contribution is 2.16. The SMILES string of the molecule is CC(=O)SC(C)CC(=N)C(=O)OC(C)(C)C. The third kappa shape index (κ3) is 7.45. The molecule has 0 fully saturated rings. The highest BCUT2D eigenvalue weighted by atomic mass is 32.2. The van der Waals surface area contributed by atoms with Crippen LogP contribution in [-0.2, 0) is 14.3 Å². The van der Waals surface area contributed by atoms with Crippen LogP contribution in [0.3, 0.4) is 0 Å². The van der Waals surface area contributed by atoms with Crippen LogP contribution in [0.15, 0.2) is 0 Å². The Labute approximate surface area is 101 Å². The van der Waals surface area contributed by atoms with E-state index in [0.717, 1.165) is 11.8 Å². The standard InChI is InChI=1S/C11H19NO3S/c1-7(16-8(2)13)6-9(12)10(14)15-11(3,4)5/h7,12H,6H2,1-5H3. The average molecular weight is 245 g/mol. The fourth-order valence-corrected chi connectivity index (χ4v) is 1.85. The molecule has 0 aromatic carbocycles. The first-order valence-corrected chi connectivity index (χ1v) is 5.98. The highest BCUT2D eigenvalue weighted by molar-refractivity contribution is 8.14. The van der Waals surface area contributed by atoms with Gasteiger partial charge in [0.2, 0.25) is 0 Å². The molecule has 0 amide bonds. The summed E-state index contributed by atoms with van der Waals surface area (Å²) in [4.78, 5) is 22.2. The van der Waals surface area contributed by atoms with Gasteiger partial charge in [-0.05, 0) is 20.8 Å². The molecule has 1 N–H and O–H groups in total. The highest BCUT2D eigenvalue weighted by Gasteiger charge is 2.21. The van der Waals surface area contributed by atoms with Gasteiger partial charge in [0.05, 0.1) is 0 Å². The predicted molar refractivity (Wildman–Crippen MR) is 65.9 cm³/mol. The van der Waals surface area contributed by atoms with Crippen molar-refractivity contribution in [2.24, 2.45) is 0 Å². The Hall–Kier alpha value is -0.840. The molecule has 92 valence electrons. The van der Waals surface area contributed by atoms with Gasteiger partial charge in [0.15, 0.2) is 5.12 Å². The molecule has 0 bridgehead atoms. The van der Waals surface area contributed by atoms with E-state index in [0.29, 0.717) is 0 Å². The number of carbonyl (C=O) groups is 2. The lowest BCUT2D eigenvalue weighted by Crippen LogP contribution is -2.29. The third-order valence-corrected chi connectivity index (χ3v) is 2.40. The van der Waals surface area contributed by atoms with Gasteiger partial charge in [-0.15, -0.1) is 0 Å². The predicted octanol–water partition coefficient (Wildman–Crippen LogP) is 2.41. The van der Waals surface area contributed by atoms with E-state index in [9.17, 15) is 9.59 Å². The van der Waals surface area contributed by atoms with Crippen molar-refractivity contribution in [3.8, 4) is 0 Å². The molecule has 0 heterocycles. The van der Waals surface area contributed by atoms with Crippen molar-refractivity contribution in [3.63, 3.8) is 0 Å². The minimum absolute atomic E-state index is 0.00973. The summed E-state index contributed by atoms with van der Waals surface area (Å²) in [6, 6.07) is 0. The van der Waals surface area contributed by atoms with Gasteiger partial charge in [0.1, 0.15) is 11.3 Å². The van der Waals surface area contributed by atoms with Crippen LogP contribution in [0.5, 0.6) is 0 Å². The molecule has 0 rings (SSSR count). The van der Waals surface area contributed by atoms with Crippen LogP contribution in [-0.4, -0.2) is 27.6 Å². The lowest BCUT2D eigenvalue weighted by molar-refractivity contribution is -0.146. The van der Waals surface area contributed by atoms with Crippen molar-refractivity contribution in [2.75, 3.05) is 0 Å². The molecular weight excluding hydrogens is 226 g/mol. The number of nitrogens with one attached hydrogen (secondary N) is 1. The molecule has 0 aromatic heterocycles. The molecule has 5 heteroatoms. The molecule has 1 unspecified atom stereocenters. The number of hydrogen-bond donors (Lipinski definition) is 1. The van der Waals surface area contributed by atoms with E-state index in [1.54, 1.807) is 20.8 Å². The van der Waals surface area contributed by atoms with Crippen LogP contribution in [0.4, 0.5) is 0 Å². The van der Waals surface area contributed by atoms with Crippen LogP contribution in [0.25, 0.3) is 0 Å². The molecule has 0 aliphatic carbocycles. The maximum atomic E-state index is 11.4. The van der Waals surface area contributed by atoms with Crippen molar-refractivity contribution < 1.29 is 14.3 Å². The summed E-state index contributed by atoms with van der Waals surface area (Å²) in [6.07, 6.45) is 0.249. The molecule has 0 aliphatic rings. The first kappa shape index (κ1) is 15.2. The fourth-order valence-electron chi connectivity index (χ4n) is 1.04. The number of rotatable bonds is 4. The molecule has 16 heavy (non-hydrogen) atoms. The van der Waals surface area contributed by atoms with E-state index in [1.807, 2.05) is 6.92 Å². The zero-order valence-corrected chi connectivity index (χ0v) is 11.2. The Morgan fingerprint density at radius 3 is 2.25 bits per heavy atom. The van der Waals surface area contributed by atoms with E-state index < -0.39 is 11.6 Å². The minimum Gasteiger partial charge on any atom is -0.456 e. The van der Waals surface area contributed by atoms with E-state index in [-0.39, 0.29) is 22.5 Å². The van der Waals surface area contributed by atoms with Crippen LogP contribution >= 0.6 is 11.8 Å². The summed E-state index contributed by atoms with van der Waals surface area (Å²) in [5.41, 5.74) is -0.670. The van der Waals surface area contributed by atoms with Gasteiger partial charge in [-0.2, -0.15) is 0 Å². The smallest absolute Gasteiger partial charge is 0.352 e. The Morgan fingerprint density at radius 2 is 1.88 bits per heavy atom. The van der Waals surface area contributed by atoms with Gasteiger partial charge in [0.25, 0.3) is 0 Å². The Bertz CT molecular complexity index is 294. The second kappa shape index (κ2) is 6.03. The summed E-state index contributed by atoms with van der Waals surface area (Å²) in [6.45, 7) is 8.55. The molecular formula is C11H19NO3S. The van der Waals surface area contributed by atoms with Crippen molar-refractivity contribution in [1.82, 2.24) is 0 Å². The average Bonchev–Trinajstić information content (AvgIpc) is 1.98. The van der Waals surface area contributed by atoms with Gasteiger partial charge < -0.3 is 4.74 Å². The van der Waals surface area contributed by atoms with Crippen molar-refractivity contribution in [2.45, 2.75) is 51.9 Å². The molecule has 0 aliphatic heterocycles. The summed E-state index contributed by atoms with van der Waals surface area (Å²) in [5.74, 6) is -0.608. The quantitative estimate of drug-likeness (QED) is 0.610. The Morgan fingerprint density at radius 1 is 1.38 bits per heavy atom. The summed E-state index contributed by atoms with van der Waals surface area (Å²) < 4.78 is 5.05. The number of thioether (sulfide) groups is 1. The number of hydrogen-bond acceptors (Lipinski definition) is 5. The second-order valence-electron chi connectivity index (χ2n) is 4.60. The van der Waals surface area contributed by atoms with Gasteiger partial charge in [-0.3, -0.25) is 10.2 Å². The van der Waals surface area contributed by atoms with E-state index >= 15 is 0 Å². The topological polar surface area (TPSA) is 67.2 Å². The van der Waals surface area contributed by atoms with Crippen molar-refractivity contribution in [1.29, 1.82) is 5.41 Å².